The fraction of sp³-hybridized carbons (Fsp3) is 0.609. The lowest BCUT2D eigenvalue weighted by Gasteiger charge is -2.38. The predicted octanol–water partition coefficient (Wildman–Crippen LogP) is 4.47. The van der Waals surface area contributed by atoms with Crippen molar-refractivity contribution in [1.29, 1.82) is 0 Å². The summed E-state index contributed by atoms with van der Waals surface area (Å²) >= 11 is 0. The number of rotatable bonds is 7. The zero-order valence-electron chi connectivity index (χ0n) is 17.7. The molecule has 1 saturated heterocycles. The number of halogens is 3. The molecule has 0 radical (unpaired) electrons. The number of aliphatic hydroxyl groups excluding tert-OH is 1. The minimum atomic E-state index is -4.41. The molecule has 1 aromatic carbocycles. The fourth-order valence-electron chi connectivity index (χ4n) is 4.28. The molecule has 2 heterocycles. The van der Waals surface area contributed by atoms with Crippen LogP contribution in [0.15, 0.2) is 36.1 Å². The molecule has 1 aromatic rings. The van der Waals surface area contributed by atoms with Crippen molar-refractivity contribution in [3.63, 3.8) is 0 Å². The van der Waals surface area contributed by atoms with E-state index in [0.717, 1.165) is 31.4 Å². The van der Waals surface area contributed by atoms with Crippen molar-refractivity contribution in [1.82, 2.24) is 4.90 Å². The third-order valence-electron chi connectivity index (χ3n) is 5.89. The number of carbonyl (C=O) groups is 1. The van der Waals surface area contributed by atoms with Crippen LogP contribution < -0.4 is 0 Å². The fourth-order valence-corrected chi connectivity index (χ4v) is 4.28. The number of allylic oxidation sites excluding steroid dienone is 1. The van der Waals surface area contributed by atoms with Gasteiger partial charge < -0.3 is 19.5 Å². The molecule has 2 aliphatic rings. The second-order valence-corrected chi connectivity index (χ2v) is 8.00. The summed E-state index contributed by atoms with van der Waals surface area (Å²) in [4.78, 5) is 14.8. The van der Waals surface area contributed by atoms with Crippen molar-refractivity contribution in [2.45, 2.75) is 57.4 Å². The monoisotopic (exact) mass is 441 g/mol. The summed E-state index contributed by atoms with van der Waals surface area (Å²) in [6.07, 6.45) is 0.609. The molecule has 172 valence electrons. The van der Waals surface area contributed by atoms with Crippen molar-refractivity contribution < 1.29 is 32.5 Å². The maximum atomic E-state index is 13.1. The van der Waals surface area contributed by atoms with Gasteiger partial charge in [0, 0.05) is 38.1 Å². The van der Waals surface area contributed by atoms with Gasteiger partial charge in [-0.15, -0.1) is 0 Å². The number of hydrogen-bond acceptors (Lipinski definition) is 4. The van der Waals surface area contributed by atoms with Gasteiger partial charge in [0.1, 0.15) is 0 Å². The Kier molecular flexibility index (Phi) is 8.00. The molecule has 1 amide bonds. The van der Waals surface area contributed by atoms with Crippen LogP contribution in [0.25, 0.3) is 0 Å². The summed E-state index contributed by atoms with van der Waals surface area (Å²) in [7, 11) is 0. The molecule has 8 heteroatoms. The normalized spacial score (nSPS) is 24.5. The van der Waals surface area contributed by atoms with Gasteiger partial charge in [-0.25, -0.2) is 0 Å². The lowest BCUT2D eigenvalue weighted by molar-refractivity contribution is -0.170. The van der Waals surface area contributed by atoms with Gasteiger partial charge in [0.2, 0.25) is 6.29 Å². The number of amides is 1. The van der Waals surface area contributed by atoms with E-state index >= 15 is 0 Å². The van der Waals surface area contributed by atoms with Gasteiger partial charge in [-0.1, -0.05) is 12.1 Å². The number of ether oxygens (including phenoxy) is 2. The lowest BCUT2D eigenvalue weighted by Crippen LogP contribution is -2.42. The van der Waals surface area contributed by atoms with E-state index < -0.39 is 18.0 Å². The predicted molar refractivity (Wildman–Crippen MR) is 109 cm³/mol. The first-order valence-electron chi connectivity index (χ1n) is 10.9. The molecular formula is C23H30F3NO4. The molecular weight excluding hydrogens is 411 g/mol. The Morgan fingerprint density at radius 3 is 2.45 bits per heavy atom. The highest BCUT2D eigenvalue weighted by Gasteiger charge is 2.39. The molecule has 1 fully saturated rings. The second kappa shape index (κ2) is 10.5. The number of nitrogens with zero attached hydrogens (tertiary/aromatic N) is 1. The van der Waals surface area contributed by atoms with E-state index in [2.05, 4.69) is 0 Å². The van der Waals surface area contributed by atoms with E-state index in [4.69, 9.17) is 9.47 Å². The van der Waals surface area contributed by atoms with E-state index in [1.54, 1.807) is 11.0 Å². The molecule has 1 N–H and O–H groups in total. The van der Waals surface area contributed by atoms with Gasteiger partial charge in [0.05, 0.1) is 5.56 Å². The molecule has 3 rings (SSSR count). The van der Waals surface area contributed by atoms with Crippen molar-refractivity contribution in [2.24, 2.45) is 5.92 Å². The van der Waals surface area contributed by atoms with Crippen LogP contribution in [0.1, 0.15) is 56.1 Å². The van der Waals surface area contributed by atoms with Gasteiger partial charge in [0.15, 0.2) is 5.76 Å². The van der Waals surface area contributed by atoms with Crippen LogP contribution in [0, 0.1) is 5.92 Å². The molecule has 3 atom stereocenters. The Morgan fingerprint density at radius 2 is 1.87 bits per heavy atom. The average molecular weight is 441 g/mol. The Hall–Kier alpha value is -2.06. The molecule has 0 aliphatic carbocycles. The maximum Gasteiger partial charge on any atom is 0.416 e. The number of likely N-dealkylation sites (tertiary alicyclic amines) is 1. The Labute approximate surface area is 180 Å². The summed E-state index contributed by atoms with van der Waals surface area (Å²) in [5, 5.41) is 9.32. The van der Waals surface area contributed by atoms with E-state index in [1.165, 1.54) is 12.1 Å². The van der Waals surface area contributed by atoms with Gasteiger partial charge in [-0.05, 0) is 62.8 Å². The molecule has 0 aromatic heterocycles. The Morgan fingerprint density at radius 1 is 1.19 bits per heavy atom. The van der Waals surface area contributed by atoms with E-state index in [-0.39, 0.29) is 30.1 Å². The van der Waals surface area contributed by atoms with Crippen molar-refractivity contribution in [3.8, 4) is 0 Å². The van der Waals surface area contributed by atoms with Crippen LogP contribution in [-0.2, 0) is 20.4 Å². The number of benzene rings is 1. The molecule has 0 saturated carbocycles. The van der Waals surface area contributed by atoms with Gasteiger partial charge >= 0.3 is 6.18 Å². The van der Waals surface area contributed by atoms with Crippen LogP contribution in [0.4, 0.5) is 13.2 Å². The number of aliphatic hydroxyl groups is 1. The highest BCUT2D eigenvalue weighted by atomic mass is 19.4. The van der Waals surface area contributed by atoms with Crippen molar-refractivity contribution in [2.75, 3.05) is 26.3 Å². The first-order valence-corrected chi connectivity index (χ1v) is 10.9. The zero-order valence-corrected chi connectivity index (χ0v) is 17.7. The third kappa shape index (κ3) is 5.80. The smallest absolute Gasteiger partial charge is 0.416 e. The summed E-state index contributed by atoms with van der Waals surface area (Å²) in [5.41, 5.74) is -0.0574. The summed E-state index contributed by atoms with van der Waals surface area (Å²) in [5.74, 6) is -0.614. The molecule has 5 nitrogen and oxygen atoms in total. The third-order valence-corrected chi connectivity index (χ3v) is 5.89. The van der Waals surface area contributed by atoms with Crippen LogP contribution in [0.3, 0.4) is 0 Å². The Balaban J connectivity index is 1.95. The van der Waals surface area contributed by atoms with Gasteiger partial charge in [-0.3, -0.25) is 4.79 Å². The van der Waals surface area contributed by atoms with Crippen LogP contribution in [0.2, 0.25) is 0 Å². The average Bonchev–Trinajstić information content (AvgIpc) is 2.77. The maximum absolute atomic E-state index is 13.1. The largest absolute Gasteiger partial charge is 0.459 e. The quantitative estimate of drug-likeness (QED) is 0.679. The van der Waals surface area contributed by atoms with Crippen LogP contribution in [0.5, 0.6) is 0 Å². The molecule has 31 heavy (non-hydrogen) atoms. The highest BCUT2D eigenvalue weighted by Crippen LogP contribution is 2.40. The first-order chi connectivity index (χ1) is 14.8. The molecule has 0 bridgehead atoms. The topological polar surface area (TPSA) is 59.0 Å². The molecule has 0 unspecified atom stereocenters. The van der Waals surface area contributed by atoms with Crippen molar-refractivity contribution >= 4 is 5.91 Å². The van der Waals surface area contributed by atoms with Crippen LogP contribution in [-0.4, -0.2) is 48.5 Å². The minimum absolute atomic E-state index is 0.0155. The molecule has 0 spiro atoms. The number of alkyl halides is 3. The van der Waals surface area contributed by atoms with Gasteiger partial charge in [-0.2, -0.15) is 13.2 Å². The standard InChI is InChI=1S/C23H30F3NO4/c1-2-30-22-18(7-6-14-28)19(16-8-10-17(11-9-16)23(24,25)26)15-20(31-22)21(29)27-12-4-3-5-13-27/h8-11,15,18-19,22,28H,2-7,12-14H2,1H3/t18-,19+,22+/m1/s1. The summed E-state index contributed by atoms with van der Waals surface area (Å²) in [6.45, 7) is 3.50. The van der Waals surface area contributed by atoms with E-state index in [1.807, 2.05) is 6.92 Å². The van der Waals surface area contributed by atoms with Gasteiger partial charge in [0.25, 0.3) is 5.91 Å². The highest BCUT2D eigenvalue weighted by molar-refractivity contribution is 5.91. The number of piperidine rings is 1. The number of hydrogen-bond donors (Lipinski definition) is 1. The Bertz CT molecular complexity index is 757. The first kappa shape index (κ1) is 23.6. The van der Waals surface area contributed by atoms with Crippen molar-refractivity contribution in [3.05, 3.63) is 47.2 Å². The van der Waals surface area contributed by atoms with E-state index in [9.17, 15) is 23.1 Å². The van der Waals surface area contributed by atoms with Crippen LogP contribution >= 0.6 is 0 Å². The zero-order chi connectivity index (χ0) is 22.4. The lowest BCUT2D eigenvalue weighted by atomic mass is 9.80. The molecule has 2 aliphatic heterocycles. The summed E-state index contributed by atoms with van der Waals surface area (Å²) < 4.78 is 50.8. The SMILES string of the molecule is CCO[C@H]1OC(C(=O)N2CCCCC2)=C[C@@H](c2ccc(C(F)(F)F)cc2)[C@H]1CCCO. The summed E-state index contributed by atoms with van der Waals surface area (Å²) in [6, 6.07) is 5.02. The second-order valence-electron chi connectivity index (χ2n) is 8.00. The minimum Gasteiger partial charge on any atom is -0.459 e. The number of carbonyl (C=O) groups excluding carboxylic acids is 1. The van der Waals surface area contributed by atoms with E-state index in [0.29, 0.717) is 38.1 Å².